The van der Waals surface area contributed by atoms with Crippen LogP contribution in [0.5, 0.6) is 11.5 Å². The highest BCUT2D eigenvalue weighted by molar-refractivity contribution is 5.80. The second-order valence-corrected chi connectivity index (χ2v) is 6.36. The van der Waals surface area contributed by atoms with Gasteiger partial charge in [-0.05, 0) is 41.7 Å². The molecule has 0 bridgehead atoms. The molecule has 1 aliphatic rings. The van der Waals surface area contributed by atoms with Crippen LogP contribution >= 0.6 is 0 Å². The molecule has 0 saturated carbocycles. The van der Waals surface area contributed by atoms with Crippen LogP contribution in [0.1, 0.15) is 16.7 Å². The summed E-state index contributed by atoms with van der Waals surface area (Å²) in [5, 5.41) is 3.49. The Labute approximate surface area is 155 Å². The van der Waals surface area contributed by atoms with Crippen LogP contribution in [0.25, 0.3) is 0 Å². The van der Waals surface area contributed by atoms with Crippen molar-refractivity contribution in [1.82, 2.24) is 10.2 Å². The molecule has 1 heterocycles. The molecule has 0 unspecified atom stereocenters. The molecule has 1 aliphatic heterocycles. The standard InChI is InChI=1S/C21H27N3O2/c1-22-21(23-11-9-16-7-5-4-6-8-16)24-12-10-17-13-19(25-2)20(26-3)14-18(17)15-24/h4-8,13-14H,9-12,15H2,1-3H3,(H,22,23). The quantitative estimate of drug-likeness (QED) is 0.663. The summed E-state index contributed by atoms with van der Waals surface area (Å²) in [5.74, 6) is 2.52. The van der Waals surface area contributed by atoms with E-state index in [0.717, 1.165) is 49.9 Å². The van der Waals surface area contributed by atoms with Crippen molar-refractivity contribution in [3.63, 3.8) is 0 Å². The van der Waals surface area contributed by atoms with Crippen LogP contribution in [-0.2, 0) is 19.4 Å². The molecule has 3 rings (SSSR count). The lowest BCUT2D eigenvalue weighted by molar-refractivity contribution is 0.346. The molecule has 5 nitrogen and oxygen atoms in total. The zero-order chi connectivity index (χ0) is 18.4. The van der Waals surface area contributed by atoms with Gasteiger partial charge in [-0.25, -0.2) is 0 Å². The molecule has 2 aromatic rings. The monoisotopic (exact) mass is 353 g/mol. The number of guanidine groups is 1. The van der Waals surface area contributed by atoms with Crippen molar-refractivity contribution >= 4 is 5.96 Å². The van der Waals surface area contributed by atoms with Gasteiger partial charge in [0.05, 0.1) is 14.2 Å². The second-order valence-electron chi connectivity index (χ2n) is 6.36. The molecular formula is C21H27N3O2. The first-order chi connectivity index (χ1) is 12.7. The maximum absolute atomic E-state index is 5.45. The summed E-state index contributed by atoms with van der Waals surface area (Å²) in [6.07, 6.45) is 1.95. The maximum atomic E-state index is 5.45. The minimum absolute atomic E-state index is 0.778. The summed E-state index contributed by atoms with van der Waals surface area (Å²) in [6.45, 7) is 2.63. The predicted octanol–water partition coefficient (Wildman–Crippen LogP) is 2.88. The van der Waals surface area contributed by atoms with Crippen LogP contribution < -0.4 is 14.8 Å². The highest BCUT2D eigenvalue weighted by Crippen LogP contribution is 2.33. The zero-order valence-electron chi connectivity index (χ0n) is 15.8. The lowest BCUT2D eigenvalue weighted by atomic mass is 9.99. The van der Waals surface area contributed by atoms with E-state index in [2.05, 4.69) is 51.6 Å². The van der Waals surface area contributed by atoms with E-state index in [4.69, 9.17) is 9.47 Å². The van der Waals surface area contributed by atoms with Crippen molar-refractivity contribution < 1.29 is 9.47 Å². The predicted molar refractivity (Wildman–Crippen MR) is 105 cm³/mol. The van der Waals surface area contributed by atoms with Crippen molar-refractivity contribution in [2.75, 3.05) is 34.4 Å². The van der Waals surface area contributed by atoms with Gasteiger partial charge in [0.1, 0.15) is 0 Å². The van der Waals surface area contributed by atoms with Gasteiger partial charge in [-0.3, -0.25) is 4.99 Å². The first-order valence-electron chi connectivity index (χ1n) is 8.98. The van der Waals surface area contributed by atoms with Crippen molar-refractivity contribution in [3.8, 4) is 11.5 Å². The summed E-state index contributed by atoms with van der Waals surface area (Å²) < 4.78 is 10.9. The average molecular weight is 353 g/mol. The number of nitrogens with one attached hydrogen (secondary N) is 1. The summed E-state index contributed by atoms with van der Waals surface area (Å²) >= 11 is 0. The third kappa shape index (κ3) is 4.10. The van der Waals surface area contributed by atoms with Gasteiger partial charge in [0.2, 0.25) is 0 Å². The first-order valence-corrected chi connectivity index (χ1v) is 8.98. The van der Waals surface area contributed by atoms with E-state index in [1.165, 1.54) is 16.7 Å². The molecule has 1 N–H and O–H groups in total. The second kappa shape index (κ2) is 8.61. The van der Waals surface area contributed by atoms with Gasteiger partial charge in [-0.15, -0.1) is 0 Å². The number of hydrogen-bond acceptors (Lipinski definition) is 3. The van der Waals surface area contributed by atoms with Crippen LogP contribution in [0.2, 0.25) is 0 Å². The van der Waals surface area contributed by atoms with Gasteiger partial charge in [0, 0.05) is 26.7 Å². The first kappa shape index (κ1) is 18.1. The van der Waals surface area contributed by atoms with Crippen LogP contribution in [0.3, 0.4) is 0 Å². The zero-order valence-corrected chi connectivity index (χ0v) is 15.8. The Bertz CT molecular complexity index is 759. The molecular weight excluding hydrogens is 326 g/mol. The van der Waals surface area contributed by atoms with Crippen LogP contribution in [0.4, 0.5) is 0 Å². The van der Waals surface area contributed by atoms with Crippen LogP contribution in [-0.4, -0.2) is 45.2 Å². The van der Waals surface area contributed by atoms with Gasteiger partial charge >= 0.3 is 0 Å². The molecule has 0 fully saturated rings. The number of nitrogens with zero attached hydrogens (tertiary/aromatic N) is 2. The fourth-order valence-corrected chi connectivity index (χ4v) is 3.36. The third-order valence-electron chi connectivity index (χ3n) is 4.77. The molecule has 138 valence electrons. The molecule has 2 aromatic carbocycles. The normalized spacial score (nSPS) is 14.0. The Balaban J connectivity index is 1.64. The Morgan fingerprint density at radius 3 is 2.42 bits per heavy atom. The fourth-order valence-electron chi connectivity index (χ4n) is 3.36. The Kier molecular flexibility index (Phi) is 6.00. The van der Waals surface area contributed by atoms with E-state index >= 15 is 0 Å². The number of benzene rings is 2. The molecule has 5 heteroatoms. The largest absolute Gasteiger partial charge is 0.493 e. The number of hydrogen-bond donors (Lipinski definition) is 1. The van der Waals surface area contributed by atoms with Gasteiger partial charge < -0.3 is 19.7 Å². The van der Waals surface area contributed by atoms with Gasteiger partial charge in [-0.1, -0.05) is 30.3 Å². The minimum Gasteiger partial charge on any atom is -0.493 e. The lowest BCUT2D eigenvalue weighted by Crippen LogP contribution is -2.44. The summed E-state index contributed by atoms with van der Waals surface area (Å²) in [5.41, 5.74) is 3.91. The number of aliphatic imine (C=N–C) groups is 1. The molecule has 0 aromatic heterocycles. The van der Waals surface area contributed by atoms with Gasteiger partial charge in [0.15, 0.2) is 17.5 Å². The van der Waals surface area contributed by atoms with E-state index < -0.39 is 0 Å². The molecule has 26 heavy (non-hydrogen) atoms. The lowest BCUT2D eigenvalue weighted by Gasteiger charge is -2.32. The van der Waals surface area contributed by atoms with E-state index in [-0.39, 0.29) is 0 Å². The fraction of sp³-hybridized carbons (Fsp3) is 0.381. The molecule has 0 radical (unpaired) electrons. The van der Waals surface area contributed by atoms with E-state index in [1.807, 2.05) is 13.1 Å². The summed E-state index contributed by atoms with van der Waals surface area (Å²) in [4.78, 5) is 6.76. The Morgan fingerprint density at radius 2 is 1.77 bits per heavy atom. The highest BCUT2D eigenvalue weighted by atomic mass is 16.5. The number of methoxy groups -OCH3 is 2. The van der Waals surface area contributed by atoms with Crippen LogP contribution in [0, 0.1) is 0 Å². The number of ether oxygens (including phenoxy) is 2. The van der Waals surface area contributed by atoms with E-state index in [9.17, 15) is 0 Å². The molecule has 0 spiro atoms. The summed E-state index contributed by atoms with van der Waals surface area (Å²) in [7, 11) is 5.20. The Morgan fingerprint density at radius 1 is 1.08 bits per heavy atom. The van der Waals surface area contributed by atoms with Crippen molar-refractivity contribution in [2.24, 2.45) is 4.99 Å². The van der Waals surface area contributed by atoms with E-state index in [1.54, 1.807) is 14.2 Å². The maximum Gasteiger partial charge on any atom is 0.193 e. The topological polar surface area (TPSA) is 46.1 Å². The van der Waals surface area contributed by atoms with Crippen molar-refractivity contribution in [1.29, 1.82) is 0 Å². The van der Waals surface area contributed by atoms with E-state index in [0.29, 0.717) is 0 Å². The average Bonchev–Trinajstić information content (AvgIpc) is 2.70. The molecule has 0 atom stereocenters. The smallest absolute Gasteiger partial charge is 0.193 e. The number of rotatable bonds is 5. The van der Waals surface area contributed by atoms with Crippen molar-refractivity contribution in [2.45, 2.75) is 19.4 Å². The molecule has 0 saturated heterocycles. The SMILES string of the molecule is CN=C(NCCc1ccccc1)N1CCc2cc(OC)c(OC)cc2C1. The highest BCUT2D eigenvalue weighted by Gasteiger charge is 2.21. The number of fused-ring (bicyclic) bond motifs is 1. The molecule has 0 amide bonds. The van der Waals surface area contributed by atoms with Gasteiger partial charge in [0.25, 0.3) is 0 Å². The summed E-state index contributed by atoms with van der Waals surface area (Å²) in [6, 6.07) is 14.7. The third-order valence-corrected chi connectivity index (χ3v) is 4.77. The van der Waals surface area contributed by atoms with Gasteiger partial charge in [-0.2, -0.15) is 0 Å². The van der Waals surface area contributed by atoms with Crippen LogP contribution in [0.15, 0.2) is 47.5 Å². The Hall–Kier alpha value is -2.69. The van der Waals surface area contributed by atoms with Crippen molar-refractivity contribution in [3.05, 3.63) is 59.2 Å². The molecule has 0 aliphatic carbocycles. The minimum atomic E-state index is 0.778.